The number of carbonyl (C=O) groups is 1. The molecule has 0 aliphatic heterocycles. The van der Waals surface area contributed by atoms with E-state index in [0.717, 1.165) is 30.9 Å². The molecule has 1 aromatic rings. The fourth-order valence-corrected chi connectivity index (χ4v) is 3.39. The molecule has 2 N–H and O–H groups in total. The molecular weight excluding hydrogens is 455 g/mol. The van der Waals surface area contributed by atoms with Crippen LogP contribution in [0, 0.1) is 13.8 Å². The number of likely N-dealkylation sites (N-methyl/N-ethyl adjacent to an activating group) is 1. The first-order chi connectivity index (χ1) is 12.3. The average Bonchev–Trinajstić information content (AvgIpc) is 3.16. The zero-order valence-electron chi connectivity index (χ0n) is 17.5. The molecule has 1 aliphatic rings. The van der Waals surface area contributed by atoms with Crippen LogP contribution < -0.4 is 10.6 Å². The number of halogens is 1. The molecule has 1 heterocycles. The van der Waals surface area contributed by atoms with Crippen molar-refractivity contribution in [2.24, 2.45) is 12.0 Å². The first kappa shape index (κ1) is 23.7. The van der Waals surface area contributed by atoms with E-state index in [1.54, 1.807) is 19.0 Å². The minimum Gasteiger partial charge on any atom is -0.354 e. The van der Waals surface area contributed by atoms with Crippen molar-refractivity contribution in [2.45, 2.75) is 65.0 Å². The summed E-state index contributed by atoms with van der Waals surface area (Å²) in [6.45, 7) is 6.46. The van der Waals surface area contributed by atoms with Gasteiger partial charge in [-0.05, 0) is 45.6 Å². The summed E-state index contributed by atoms with van der Waals surface area (Å²) >= 11 is 0. The summed E-state index contributed by atoms with van der Waals surface area (Å²) in [5.74, 6) is 0.739. The molecule has 154 valence electrons. The van der Waals surface area contributed by atoms with E-state index in [2.05, 4.69) is 41.5 Å². The summed E-state index contributed by atoms with van der Waals surface area (Å²) in [7, 11) is 5.49. The summed E-state index contributed by atoms with van der Waals surface area (Å²) in [6.07, 6.45) is 5.71. The van der Waals surface area contributed by atoms with E-state index in [0.29, 0.717) is 6.04 Å². The molecule has 8 heteroatoms. The number of aliphatic imine (C=N–C) groups is 1. The van der Waals surface area contributed by atoms with Crippen molar-refractivity contribution in [2.75, 3.05) is 20.6 Å². The van der Waals surface area contributed by atoms with Gasteiger partial charge in [0.25, 0.3) is 0 Å². The van der Waals surface area contributed by atoms with Crippen molar-refractivity contribution in [3.05, 3.63) is 17.0 Å². The monoisotopic (exact) mass is 490 g/mol. The molecule has 2 rings (SSSR count). The van der Waals surface area contributed by atoms with E-state index in [-0.39, 0.29) is 42.5 Å². The highest BCUT2D eigenvalue weighted by Gasteiger charge is 2.19. The molecular formula is C19H35IN6O. The van der Waals surface area contributed by atoms with Gasteiger partial charge in [-0.3, -0.25) is 9.48 Å². The van der Waals surface area contributed by atoms with Gasteiger partial charge in [-0.2, -0.15) is 5.10 Å². The predicted octanol–water partition coefficient (Wildman–Crippen LogP) is 2.15. The molecule has 1 aliphatic carbocycles. The van der Waals surface area contributed by atoms with Gasteiger partial charge in [0, 0.05) is 38.9 Å². The van der Waals surface area contributed by atoms with Crippen LogP contribution in [0.4, 0.5) is 0 Å². The molecule has 0 aromatic carbocycles. The van der Waals surface area contributed by atoms with Crippen LogP contribution in [0.2, 0.25) is 0 Å². The van der Waals surface area contributed by atoms with Crippen molar-refractivity contribution in [1.29, 1.82) is 0 Å². The van der Waals surface area contributed by atoms with Crippen LogP contribution in [0.1, 0.15) is 49.6 Å². The molecule has 0 spiro atoms. The van der Waals surface area contributed by atoms with Gasteiger partial charge in [0.2, 0.25) is 5.91 Å². The second-order valence-corrected chi connectivity index (χ2v) is 7.60. The van der Waals surface area contributed by atoms with Gasteiger partial charge in [-0.15, -0.1) is 24.0 Å². The Morgan fingerprint density at radius 1 is 1.33 bits per heavy atom. The topological polar surface area (TPSA) is 74.5 Å². The summed E-state index contributed by atoms with van der Waals surface area (Å²) in [4.78, 5) is 18.0. The van der Waals surface area contributed by atoms with Crippen LogP contribution in [-0.2, 0) is 18.3 Å². The highest BCUT2D eigenvalue weighted by atomic mass is 127. The van der Waals surface area contributed by atoms with Gasteiger partial charge in [-0.1, -0.05) is 12.8 Å². The number of rotatable bonds is 6. The van der Waals surface area contributed by atoms with Gasteiger partial charge in [0.05, 0.1) is 5.69 Å². The number of nitrogens with zero attached hydrogens (tertiary/aromatic N) is 4. The van der Waals surface area contributed by atoms with Crippen molar-refractivity contribution in [3.8, 4) is 0 Å². The Labute approximate surface area is 180 Å². The van der Waals surface area contributed by atoms with E-state index in [1.807, 2.05) is 11.7 Å². The fourth-order valence-electron chi connectivity index (χ4n) is 3.39. The smallest absolute Gasteiger partial charge is 0.243 e. The summed E-state index contributed by atoms with van der Waals surface area (Å²) in [5.41, 5.74) is 3.54. The lowest BCUT2D eigenvalue weighted by Gasteiger charge is -2.22. The number of aromatic nitrogens is 2. The highest BCUT2D eigenvalue weighted by Crippen LogP contribution is 2.18. The molecule has 1 fully saturated rings. The maximum absolute atomic E-state index is 11.9. The molecule has 1 atom stereocenters. The van der Waals surface area contributed by atoms with Gasteiger partial charge in [0.1, 0.15) is 6.54 Å². The van der Waals surface area contributed by atoms with Crippen LogP contribution in [-0.4, -0.2) is 59.3 Å². The van der Waals surface area contributed by atoms with E-state index in [9.17, 15) is 4.79 Å². The predicted molar refractivity (Wildman–Crippen MR) is 121 cm³/mol. The Balaban J connectivity index is 0.00000364. The van der Waals surface area contributed by atoms with Crippen molar-refractivity contribution < 1.29 is 4.79 Å². The Hall–Kier alpha value is -1.32. The fraction of sp³-hybridized carbons (Fsp3) is 0.737. The third-order valence-corrected chi connectivity index (χ3v) is 5.12. The number of carbonyl (C=O) groups excluding carboxylic acids is 1. The highest BCUT2D eigenvalue weighted by molar-refractivity contribution is 14.0. The number of aryl methyl sites for hydroxylation is 2. The number of hydrogen-bond acceptors (Lipinski definition) is 3. The second kappa shape index (κ2) is 10.9. The van der Waals surface area contributed by atoms with Crippen LogP contribution in [0.5, 0.6) is 0 Å². The summed E-state index contributed by atoms with van der Waals surface area (Å²) < 4.78 is 1.93. The lowest BCUT2D eigenvalue weighted by Crippen LogP contribution is -2.47. The Bertz CT molecular complexity index is 649. The van der Waals surface area contributed by atoms with E-state index >= 15 is 0 Å². The first-order valence-electron chi connectivity index (χ1n) is 9.54. The van der Waals surface area contributed by atoms with Crippen molar-refractivity contribution in [3.63, 3.8) is 0 Å². The van der Waals surface area contributed by atoms with Gasteiger partial charge >= 0.3 is 0 Å². The van der Waals surface area contributed by atoms with Crippen LogP contribution in [0.25, 0.3) is 0 Å². The number of hydrogen-bond donors (Lipinski definition) is 2. The molecule has 0 radical (unpaired) electrons. The van der Waals surface area contributed by atoms with Gasteiger partial charge < -0.3 is 15.5 Å². The van der Waals surface area contributed by atoms with E-state index < -0.39 is 0 Å². The third kappa shape index (κ3) is 6.97. The number of nitrogens with one attached hydrogen (secondary N) is 2. The lowest BCUT2D eigenvalue weighted by molar-refractivity contribution is -0.127. The second-order valence-electron chi connectivity index (χ2n) is 7.60. The molecule has 1 amide bonds. The lowest BCUT2D eigenvalue weighted by atomic mass is 10.1. The standard InChI is InChI=1S/C19H34N6O.HI/c1-13(11-17-14(2)23-25(6)15(17)3)21-19(20-12-18(26)24(4)5)22-16-9-7-8-10-16;/h13,16H,7-12H2,1-6H3,(H2,20,21,22);1H. The van der Waals surface area contributed by atoms with Crippen LogP contribution >= 0.6 is 24.0 Å². The SMILES string of the molecule is Cc1nn(C)c(C)c1CC(C)NC(=NCC(=O)N(C)C)NC1CCCC1.I. The zero-order valence-corrected chi connectivity index (χ0v) is 19.8. The number of amides is 1. The molecule has 0 saturated heterocycles. The normalized spacial score (nSPS) is 16.0. The van der Waals surface area contributed by atoms with Gasteiger partial charge in [0.15, 0.2) is 5.96 Å². The first-order valence-corrected chi connectivity index (χ1v) is 9.54. The van der Waals surface area contributed by atoms with Crippen molar-refractivity contribution in [1.82, 2.24) is 25.3 Å². The molecule has 1 aromatic heterocycles. The molecule has 1 saturated carbocycles. The average molecular weight is 490 g/mol. The molecule has 0 bridgehead atoms. The largest absolute Gasteiger partial charge is 0.354 e. The quantitative estimate of drug-likeness (QED) is 0.364. The Kier molecular flexibility index (Phi) is 9.55. The van der Waals surface area contributed by atoms with Crippen molar-refractivity contribution >= 4 is 35.8 Å². The zero-order chi connectivity index (χ0) is 19.3. The maximum Gasteiger partial charge on any atom is 0.243 e. The number of guanidine groups is 1. The maximum atomic E-state index is 11.9. The Morgan fingerprint density at radius 3 is 2.48 bits per heavy atom. The van der Waals surface area contributed by atoms with E-state index in [1.165, 1.54) is 24.1 Å². The minimum atomic E-state index is 0. The Morgan fingerprint density at radius 2 is 1.96 bits per heavy atom. The van der Waals surface area contributed by atoms with Gasteiger partial charge in [-0.25, -0.2) is 4.99 Å². The summed E-state index contributed by atoms with van der Waals surface area (Å²) in [5, 5.41) is 11.5. The van der Waals surface area contributed by atoms with Crippen LogP contribution in [0.3, 0.4) is 0 Å². The summed E-state index contributed by atoms with van der Waals surface area (Å²) in [6, 6.07) is 0.642. The van der Waals surface area contributed by atoms with E-state index in [4.69, 9.17) is 0 Å². The molecule has 1 unspecified atom stereocenters. The molecule has 7 nitrogen and oxygen atoms in total. The third-order valence-electron chi connectivity index (χ3n) is 5.12. The molecule has 27 heavy (non-hydrogen) atoms. The minimum absolute atomic E-state index is 0. The van der Waals surface area contributed by atoms with Crippen LogP contribution in [0.15, 0.2) is 4.99 Å².